The zero-order chi connectivity index (χ0) is 12.1. The summed E-state index contributed by atoms with van der Waals surface area (Å²) in [7, 11) is 0. The van der Waals surface area contributed by atoms with Crippen molar-refractivity contribution in [1.29, 1.82) is 0 Å². The van der Waals surface area contributed by atoms with Gasteiger partial charge in [0, 0.05) is 5.56 Å². The molecule has 94 valence electrons. The molecule has 2 N–H and O–H groups in total. The van der Waals surface area contributed by atoms with Crippen LogP contribution in [0.5, 0.6) is 5.75 Å². The first kappa shape index (κ1) is 14.1. The first-order valence-corrected chi connectivity index (χ1v) is 5.32. The van der Waals surface area contributed by atoms with Crippen LogP contribution in [0.4, 0.5) is 0 Å². The second kappa shape index (κ2) is 6.67. The van der Waals surface area contributed by atoms with E-state index in [1.165, 1.54) is 0 Å². The average Bonchev–Trinajstić information content (AvgIpc) is 2.38. The lowest BCUT2D eigenvalue weighted by Gasteiger charge is -2.06. The highest BCUT2D eigenvalue weighted by molar-refractivity contribution is 5.92. The molecule has 0 aromatic heterocycles. The summed E-state index contributed by atoms with van der Waals surface area (Å²) in [6.45, 7) is 0.511. The van der Waals surface area contributed by atoms with Crippen LogP contribution in [0, 0.1) is 0 Å². The lowest BCUT2D eigenvalue weighted by molar-refractivity contribution is 0.100. The van der Waals surface area contributed by atoms with Gasteiger partial charge in [0.1, 0.15) is 12.4 Å². The number of ether oxygens (including phenoxy) is 1. The number of amides is 1. The lowest BCUT2D eigenvalue weighted by atomic mass is 10.2. The molecule has 0 spiro atoms. The summed E-state index contributed by atoms with van der Waals surface area (Å²) >= 11 is 0. The highest BCUT2D eigenvalue weighted by Crippen LogP contribution is 2.13. The fraction of sp³-hybridized carbons (Fsp3) is 0.0714. The number of nitrogens with two attached hydrogens (primary N) is 1. The molecule has 2 aromatic carbocycles. The van der Waals surface area contributed by atoms with Gasteiger partial charge in [-0.2, -0.15) is 0 Å². The standard InChI is InChI=1S/C14H13NO2.ClH/c15-14(16)12-6-8-13(9-7-12)17-10-11-4-2-1-3-5-11;/h1-9H,10H2,(H2,15,16);1H. The van der Waals surface area contributed by atoms with Crippen LogP contribution < -0.4 is 10.5 Å². The predicted molar refractivity (Wildman–Crippen MR) is 73.0 cm³/mol. The highest BCUT2D eigenvalue weighted by Gasteiger charge is 2.00. The van der Waals surface area contributed by atoms with E-state index in [2.05, 4.69) is 0 Å². The summed E-state index contributed by atoms with van der Waals surface area (Å²) in [5.74, 6) is 0.290. The summed E-state index contributed by atoms with van der Waals surface area (Å²) in [6, 6.07) is 16.7. The van der Waals surface area contributed by atoms with Crippen molar-refractivity contribution < 1.29 is 9.53 Å². The van der Waals surface area contributed by atoms with Crippen molar-refractivity contribution in [2.24, 2.45) is 5.73 Å². The van der Waals surface area contributed by atoms with Crippen molar-refractivity contribution >= 4 is 18.3 Å². The van der Waals surface area contributed by atoms with Gasteiger partial charge in [0.25, 0.3) is 0 Å². The SMILES string of the molecule is Cl.NC(=O)c1ccc(OCc2ccccc2)cc1. The molecular weight excluding hydrogens is 250 g/mol. The van der Waals surface area contributed by atoms with Crippen LogP contribution in [0.2, 0.25) is 0 Å². The Kier molecular flexibility index (Phi) is 5.21. The van der Waals surface area contributed by atoms with Crippen molar-refractivity contribution in [3.63, 3.8) is 0 Å². The molecule has 0 aliphatic rings. The third kappa shape index (κ3) is 3.79. The van der Waals surface area contributed by atoms with Gasteiger partial charge in [0.2, 0.25) is 5.91 Å². The largest absolute Gasteiger partial charge is 0.489 e. The molecule has 0 aliphatic carbocycles. The smallest absolute Gasteiger partial charge is 0.248 e. The maximum atomic E-state index is 10.9. The first-order chi connectivity index (χ1) is 8.25. The molecule has 0 saturated heterocycles. The van der Waals surface area contributed by atoms with Gasteiger partial charge in [-0.15, -0.1) is 12.4 Å². The minimum absolute atomic E-state index is 0. The van der Waals surface area contributed by atoms with Crippen LogP contribution in [-0.4, -0.2) is 5.91 Å². The number of rotatable bonds is 4. The molecule has 0 fully saturated rings. The molecule has 18 heavy (non-hydrogen) atoms. The molecule has 0 saturated carbocycles. The Balaban J connectivity index is 0.00000162. The number of hydrogen-bond acceptors (Lipinski definition) is 2. The van der Waals surface area contributed by atoms with Gasteiger partial charge in [-0.25, -0.2) is 0 Å². The lowest BCUT2D eigenvalue weighted by Crippen LogP contribution is -2.10. The van der Waals surface area contributed by atoms with Crippen LogP contribution in [0.15, 0.2) is 54.6 Å². The molecule has 0 radical (unpaired) electrons. The van der Waals surface area contributed by atoms with E-state index < -0.39 is 5.91 Å². The van der Waals surface area contributed by atoms with E-state index in [0.717, 1.165) is 11.3 Å². The van der Waals surface area contributed by atoms with Gasteiger partial charge < -0.3 is 10.5 Å². The van der Waals surface area contributed by atoms with Gasteiger partial charge in [-0.1, -0.05) is 30.3 Å². The molecule has 1 amide bonds. The van der Waals surface area contributed by atoms with E-state index in [1.807, 2.05) is 30.3 Å². The maximum absolute atomic E-state index is 10.9. The Morgan fingerprint density at radius 2 is 1.61 bits per heavy atom. The van der Waals surface area contributed by atoms with Crippen LogP contribution in [-0.2, 0) is 6.61 Å². The van der Waals surface area contributed by atoms with Gasteiger partial charge in [-0.05, 0) is 29.8 Å². The Morgan fingerprint density at radius 3 is 2.17 bits per heavy atom. The summed E-state index contributed by atoms with van der Waals surface area (Å²) in [5.41, 5.74) is 6.74. The zero-order valence-electron chi connectivity index (χ0n) is 9.71. The maximum Gasteiger partial charge on any atom is 0.248 e. The van der Waals surface area contributed by atoms with Crippen molar-refractivity contribution in [2.45, 2.75) is 6.61 Å². The van der Waals surface area contributed by atoms with Crippen LogP contribution in [0.25, 0.3) is 0 Å². The quantitative estimate of drug-likeness (QED) is 0.922. The summed E-state index contributed by atoms with van der Waals surface area (Å²) in [5, 5.41) is 0. The van der Waals surface area contributed by atoms with E-state index in [9.17, 15) is 4.79 Å². The fourth-order valence-corrected chi connectivity index (χ4v) is 1.46. The molecule has 0 aliphatic heterocycles. The molecule has 2 aromatic rings. The molecule has 0 atom stereocenters. The average molecular weight is 264 g/mol. The molecular formula is C14H14ClNO2. The van der Waals surface area contributed by atoms with Crippen molar-refractivity contribution in [3.8, 4) is 5.75 Å². The molecule has 0 unspecified atom stereocenters. The topological polar surface area (TPSA) is 52.3 Å². The number of carbonyl (C=O) groups is 1. The minimum Gasteiger partial charge on any atom is -0.489 e. The Labute approximate surface area is 112 Å². The van der Waals surface area contributed by atoms with Gasteiger partial charge in [0.05, 0.1) is 0 Å². The monoisotopic (exact) mass is 263 g/mol. The summed E-state index contributed by atoms with van der Waals surface area (Å²) in [6.07, 6.45) is 0. The van der Waals surface area contributed by atoms with Crippen LogP contribution >= 0.6 is 12.4 Å². The van der Waals surface area contributed by atoms with Crippen molar-refractivity contribution in [1.82, 2.24) is 0 Å². The van der Waals surface area contributed by atoms with Crippen molar-refractivity contribution in [2.75, 3.05) is 0 Å². The Bertz CT molecular complexity index is 497. The number of benzene rings is 2. The predicted octanol–water partition coefficient (Wildman–Crippen LogP) is 2.79. The van der Waals surface area contributed by atoms with E-state index in [1.54, 1.807) is 24.3 Å². The Hall–Kier alpha value is -2.00. The van der Waals surface area contributed by atoms with Gasteiger partial charge in [0.15, 0.2) is 0 Å². The van der Waals surface area contributed by atoms with Crippen LogP contribution in [0.1, 0.15) is 15.9 Å². The third-order valence-electron chi connectivity index (χ3n) is 2.39. The molecule has 3 nitrogen and oxygen atoms in total. The van der Waals surface area contributed by atoms with Gasteiger partial charge >= 0.3 is 0 Å². The van der Waals surface area contributed by atoms with Crippen molar-refractivity contribution in [3.05, 3.63) is 65.7 Å². The summed E-state index contributed by atoms with van der Waals surface area (Å²) in [4.78, 5) is 10.9. The molecule has 2 rings (SSSR count). The number of halogens is 1. The third-order valence-corrected chi connectivity index (χ3v) is 2.39. The highest BCUT2D eigenvalue weighted by atomic mass is 35.5. The van der Waals surface area contributed by atoms with Crippen LogP contribution in [0.3, 0.4) is 0 Å². The molecule has 0 bridgehead atoms. The number of hydrogen-bond donors (Lipinski definition) is 1. The second-order valence-corrected chi connectivity index (χ2v) is 3.66. The number of primary amides is 1. The minimum atomic E-state index is -0.431. The fourth-order valence-electron chi connectivity index (χ4n) is 1.46. The van der Waals surface area contributed by atoms with E-state index >= 15 is 0 Å². The Morgan fingerprint density at radius 1 is 1.00 bits per heavy atom. The number of carbonyl (C=O) groups excluding carboxylic acids is 1. The van der Waals surface area contributed by atoms with Gasteiger partial charge in [-0.3, -0.25) is 4.79 Å². The molecule has 0 heterocycles. The zero-order valence-corrected chi connectivity index (χ0v) is 10.5. The van der Waals surface area contributed by atoms with E-state index in [-0.39, 0.29) is 12.4 Å². The molecule has 4 heteroatoms. The normalized spacial score (nSPS) is 9.33. The van der Waals surface area contributed by atoms with E-state index in [0.29, 0.717) is 12.2 Å². The summed E-state index contributed by atoms with van der Waals surface area (Å²) < 4.78 is 5.57. The second-order valence-electron chi connectivity index (χ2n) is 3.66. The first-order valence-electron chi connectivity index (χ1n) is 5.32. The van der Waals surface area contributed by atoms with E-state index in [4.69, 9.17) is 10.5 Å².